The van der Waals surface area contributed by atoms with Crippen molar-refractivity contribution in [2.24, 2.45) is 0 Å². The number of amides is 1. The maximum absolute atomic E-state index is 13.8. The number of rotatable bonds is 3. The van der Waals surface area contributed by atoms with Crippen LogP contribution < -0.4 is 4.90 Å². The monoisotopic (exact) mass is 415 g/mol. The van der Waals surface area contributed by atoms with Gasteiger partial charge in [-0.1, -0.05) is 97.1 Å². The molecule has 3 nitrogen and oxygen atoms in total. The van der Waals surface area contributed by atoms with Crippen molar-refractivity contribution in [3.05, 3.63) is 126 Å². The predicted octanol–water partition coefficient (Wildman–Crippen LogP) is 5.78. The molecule has 0 unspecified atom stereocenters. The summed E-state index contributed by atoms with van der Waals surface area (Å²) in [4.78, 5) is 15.6. The van der Waals surface area contributed by atoms with E-state index in [1.54, 1.807) is 4.90 Å². The van der Waals surface area contributed by atoms with Gasteiger partial charge in [0.1, 0.15) is 0 Å². The summed E-state index contributed by atoms with van der Waals surface area (Å²) in [6.07, 6.45) is 0. The number of benzene rings is 5. The summed E-state index contributed by atoms with van der Waals surface area (Å²) in [5.74, 6) is -0.318. The molecular weight excluding hydrogens is 394 g/mol. The van der Waals surface area contributed by atoms with Crippen LogP contribution in [-0.4, -0.2) is 11.0 Å². The van der Waals surface area contributed by atoms with Crippen molar-refractivity contribution in [2.75, 3.05) is 4.90 Å². The summed E-state index contributed by atoms with van der Waals surface area (Å²) >= 11 is 0. The number of carbonyl (C=O) groups excluding carboxylic acids is 1. The number of hydrogen-bond acceptors (Lipinski definition) is 2. The fourth-order valence-electron chi connectivity index (χ4n) is 4.99. The highest BCUT2D eigenvalue weighted by atomic mass is 16.3. The van der Waals surface area contributed by atoms with Gasteiger partial charge in [-0.05, 0) is 44.8 Å². The van der Waals surface area contributed by atoms with Gasteiger partial charge in [-0.3, -0.25) is 4.79 Å². The van der Waals surface area contributed by atoms with Crippen LogP contribution in [0.2, 0.25) is 0 Å². The lowest BCUT2D eigenvalue weighted by Gasteiger charge is -2.24. The summed E-state index contributed by atoms with van der Waals surface area (Å²) in [7, 11) is 0. The predicted molar refractivity (Wildman–Crippen MR) is 129 cm³/mol. The van der Waals surface area contributed by atoms with Gasteiger partial charge in [-0.15, -0.1) is 0 Å². The minimum atomic E-state index is -1.70. The van der Waals surface area contributed by atoms with E-state index in [0.717, 1.165) is 32.8 Å². The van der Waals surface area contributed by atoms with Crippen LogP contribution in [0.15, 0.2) is 109 Å². The normalized spacial score (nSPS) is 17.8. The molecule has 1 atom stereocenters. The third kappa shape index (κ3) is 2.62. The van der Waals surface area contributed by atoms with Gasteiger partial charge < -0.3 is 10.0 Å². The molecule has 1 N–H and O–H groups in total. The summed E-state index contributed by atoms with van der Waals surface area (Å²) < 4.78 is 0. The molecule has 0 radical (unpaired) electrons. The molecule has 1 aliphatic heterocycles. The van der Waals surface area contributed by atoms with Crippen molar-refractivity contribution in [2.45, 2.75) is 12.1 Å². The molecule has 0 spiro atoms. The Morgan fingerprint density at radius 2 is 1.25 bits per heavy atom. The van der Waals surface area contributed by atoms with Crippen LogP contribution in [0.25, 0.3) is 21.5 Å². The zero-order valence-corrected chi connectivity index (χ0v) is 17.4. The van der Waals surface area contributed by atoms with E-state index < -0.39 is 5.60 Å². The summed E-state index contributed by atoms with van der Waals surface area (Å²) in [6.45, 7) is 0.382. The number of hydrogen-bond donors (Lipinski definition) is 1. The molecule has 3 heteroatoms. The van der Waals surface area contributed by atoms with Crippen LogP contribution in [0.1, 0.15) is 16.7 Å². The van der Waals surface area contributed by atoms with Crippen molar-refractivity contribution in [1.82, 2.24) is 0 Å². The van der Waals surface area contributed by atoms with E-state index in [0.29, 0.717) is 17.7 Å². The Balaban J connectivity index is 1.56. The average Bonchev–Trinajstić information content (AvgIpc) is 3.07. The topological polar surface area (TPSA) is 40.5 Å². The van der Waals surface area contributed by atoms with Gasteiger partial charge >= 0.3 is 0 Å². The Bertz CT molecular complexity index is 1440. The Labute approximate surface area is 186 Å². The van der Waals surface area contributed by atoms with Gasteiger partial charge in [0.15, 0.2) is 5.60 Å². The van der Waals surface area contributed by atoms with Crippen LogP contribution in [-0.2, 0) is 16.9 Å². The number of fused-ring (bicyclic) bond motifs is 3. The number of para-hydroxylation sites is 1. The largest absolute Gasteiger partial charge is 0.372 e. The molecule has 1 aliphatic rings. The second-order valence-corrected chi connectivity index (χ2v) is 8.28. The molecule has 0 aliphatic carbocycles. The van der Waals surface area contributed by atoms with Crippen LogP contribution in [0.5, 0.6) is 0 Å². The maximum Gasteiger partial charge on any atom is 0.268 e. The van der Waals surface area contributed by atoms with Crippen LogP contribution in [0.4, 0.5) is 5.69 Å². The molecule has 0 saturated carbocycles. The van der Waals surface area contributed by atoms with E-state index in [4.69, 9.17) is 0 Å². The zero-order valence-electron chi connectivity index (χ0n) is 17.4. The molecular formula is C29H21NO2. The fraction of sp³-hybridized carbons (Fsp3) is 0.0690. The van der Waals surface area contributed by atoms with Crippen molar-refractivity contribution in [1.29, 1.82) is 0 Å². The van der Waals surface area contributed by atoms with Crippen molar-refractivity contribution >= 4 is 33.1 Å². The fourth-order valence-corrected chi connectivity index (χ4v) is 4.99. The molecule has 0 bridgehead atoms. The first kappa shape index (κ1) is 18.8. The van der Waals surface area contributed by atoms with Crippen molar-refractivity contribution < 1.29 is 9.90 Å². The Morgan fingerprint density at radius 3 is 1.94 bits per heavy atom. The summed E-state index contributed by atoms with van der Waals surface area (Å²) in [5.41, 5.74) is 1.35. The molecule has 6 rings (SSSR count). The van der Waals surface area contributed by atoms with Crippen LogP contribution in [0.3, 0.4) is 0 Å². The number of nitrogens with zero attached hydrogens (tertiary/aromatic N) is 1. The first-order valence-electron chi connectivity index (χ1n) is 10.8. The second-order valence-electron chi connectivity index (χ2n) is 8.28. The lowest BCUT2D eigenvalue weighted by Crippen LogP contribution is -2.40. The first-order valence-corrected chi connectivity index (χ1v) is 10.8. The Morgan fingerprint density at radius 1 is 0.688 bits per heavy atom. The summed E-state index contributed by atoms with van der Waals surface area (Å²) in [6, 6.07) is 35.5. The highest BCUT2D eigenvalue weighted by molar-refractivity contribution is 6.10. The van der Waals surface area contributed by atoms with E-state index in [9.17, 15) is 9.90 Å². The molecule has 0 saturated heterocycles. The van der Waals surface area contributed by atoms with Gasteiger partial charge in [-0.2, -0.15) is 0 Å². The van der Waals surface area contributed by atoms with E-state index >= 15 is 0 Å². The van der Waals surface area contributed by atoms with E-state index in [-0.39, 0.29) is 5.91 Å². The zero-order chi connectivity index (χ0) is 21.7. The van der Waals surface area contributed by atoms with Crippen molar-refractivity contribution in [3.8, 4) is 0 Å². The molecule has 32 heavy (non-hydrogen) atoms. The third-order valence-electron chi connectivity index (χ3n) is 6.53. The molecule has 0 aromatic heterocycles. The maximum atomic E-state index is 13.8. The molecule has 154 valence electrons. The minimum Gasteiger partial charge on any atom is -0.372 e. The van der Waals surface area contributed by atoms with E-state index in [1.165, 1.54) is 0 Å². The molecule has 5 aromatic carbocycles. The Hall–Kier alpha value is -3.95. The number of carbonyl (C=O) groups is 1. The third-order valence-corrected chi connectivity index (χ3v) is 6.53. The van der Waals surface area contributed by atoms with Crippen LogP contribution >= 0.6 is 0 Å². The summed E-state index contributed by atoms with van der Waals surface area (Å²) in [5, 5.41) is 16.3. The van der Waals surface area contributed by atoms with Gasteiger partial charge in [0.2, 0.25) is 0 Å². The minimum absolute atomic E-state index is 0.318. The van der Waals surface area contributed by atoms with E-state index in [2.05, 4.69) is 30.3 Å². The Kier molecular flexibility index (Phi) is 4.14. The smallest absolute Gasteiger partial charge is 0.268 e. The quantitative estimate of drug-likeness (QED) is 0.380. The molecule has 1 heterocycles. The lowest BCUT2D eigenvalue weighted by molar-refractivity contribution is -0.132. The second kappa shape index (κ2) is 7.04. The van der Waals surface area contributed by atoms with Crippen LogP contribution in [0, 0.1) is 0 Å². The number of aliphatic hydroxyl groups is 1. The van der Waals surface area contributed by atoms with Gasteiger partial charge in [-0.25, -0.2) is 0 Å². The van der Waals surface area contributed by atoms with Gasteiger partial charge in [0.25, 0.3) is 5.91 Å². The number of anilines is 1. The molecule has 1 amide bonds. The van der Waals surface area contributed by atoms with Gasteiger partial charge in [0, 0.05) is 5.56 Å². The van der Waals surface area contributed by atoms with E-state index in [1.807, 2.05) is 78.9 Å². The lowest BCUT2D eigenvalue weighted by atomic mass is 9.87. The van der Waals surface area contributed by atoms with Crippen molar-refractivity contribution in [3.63, 3.8) is 0 Å². The highest BCUT2D eigenvalue weighted by Crippen LogP contribution is 2.45. The standard InChI is InChI=1S/C29H21NO2/c31-28-29(32,22-12-2-1-3-13-22)26-16-8-9-17-27(26)30(28)19-25-23-14-6-4-10-20(23)18-21-11-5-7-15-24(21)25/h1-18,32H,19H2/t29-/m0/s1. The highest BCUT2D eigenvalue weighted by Gasteiger charge is 2.50. The molecule has 5 aromatic rings. The average molecular weight is 415 g/mol. The molecule has 0 fully saturated rings. The SMILES string of the molecule is O=C1N(Cc2c3ccccc3cc3ccccc23)c2ccccc2[C@@]1(O)c1ccccc1. The van der Waals surface area contributed by atoms with Gasteiger partial charge in [0.05, 0.1) is 12.2 Å². The first-order chi connectivity index (χ1) is 15.7.